The number of rotatable bonds is 5. The van der Waals surface area contributed by atoms with Gasteiger partial charge in [-0.05, 0) is 43.2 Å². The summed E-state index contributed by atoms with van der Waals surface area (Å²) in [4.78, 5) is 31.7. The predicted molar refractivity (Wildman–Crippen MR) is 112 cm³/mol. The first-order chi connectivity index (χ1) is 13.5. The molecule has 0 spiro atoms. The highest BCUT2D eigenvalue weighted by Gasteiger charge is 2.11. The van der Waals surface area contributed by atoms with Gasteiger partial charge >= 0.3 is 0 Å². The van der Waals surface area contributed by atoms with Gasteiger partial charge in [0.25, 0.3) is 10.8 Å². The number of fused-ring (bicyclic) bond motifs is 2. The average Bonchev–Trinajstić information content (AvgIpc) is 3.09. The Bertz CT molecular complexity index is 1210. The Labute approximate surface area is 165 Å². The molecule has 2 N–H and O–H groups in total. The van der Waals surface area contributed by atoms with Crippen molar-refractivity contribution in [2.45, 2.75) is 25.5 Å². The molecule has 142 valence electrons. The Hall–Kier alpha value is -3.06. The van der Waals surface area contributed by atoms with E-state index < -0.39 is 0 Å². The number of hydrogen-bond acceptors (Lipinski definition) is 5. The van der Waals surface area contributed by atoms with Crippen molar-refractivity contribution < 1.29 is 9.21 Å². The lowest BCUT2D eigenvalue weighted by atomic mass is 10.0. The molecule has 0 saturated carbocycles. The molecule has 0 saturated heterocycles. The Kier molecular flexibility index (Phi) is 4.92. The zero-order valence-corrected chi connectivity index (χ0v) is 16.4. The Morgan fingerprint density at radius 3 is 2.86 bits per heavy atom. The number of para-hydroxylation sites is 2. The monoisotopic (exact) mass is 393 g/mol. The number of hydrogen-bond donors (Lipinski definition) is 2. The smallest absolute Gasteiger partial charge is 0.257 e. The number of H-pyrrole nitrogens is 1. The molecular weight excluding hydrogens is 374 g/mol. The number of pyridine rings is 1. The minimum atomic E-state index is -0.171. The molecule has 0 aliphatic carbocycles. The van der Waals surface area contributed by atoms with Gasteiger partial charge in [-0.2, -0.15) is 0 Å². The van der Waals surface area contributed by atoms with Crippen molar-refractivity contribution in [2.75, 3.05) is 11.1 Å². The molecule has 7 heteroatoms. The molecule has 0 fully saturated rings. The zero-order chi connectivity index (χ0) is 19.7. The average molecular weight is 393 g/mol. The fourth-order valence-electron chi connectivity index (χ4n) is 3.25. The summed E-state index contributed by atoms with van der Waals surface area (Å²) < 4.78 is 5.61. The molecule has 6 nitrogen and oxygen atoms in total. The summed E-state index contributed by atoms with van der Waals surface area (Å²) in [5.74, 6) is 0.00527. The van der Waals surface area contributed by atoms with Gasteiger partial charge in [0.1, 0.15) is 5.52 Å². The second-order valence-corrected chi connectivity index (χ2v) is 7.38. The third-order valence-electron chi connectivity index (χ3n) is 4.64. The summed E-state index contributed by atoms with van der Waals surface area (Å²) >= 11 is 1.24. The van der Waals surface area contributed by atoms with Crippen molar-refractivity contribution in [3.63, 3.8) is 0 Å². The third-order valence-corrected chi connectivity index (χ3v) is 5.46. The lowest BCUT2D eigenvalue weighted by Crippen LogP contribution is -2.16. The number of amides is 1. The molecule has 2 aromatic heterocycles. The summed E-state index contributed by atoms with van der Waals surface area (Å²) in [7, 11) is 0. The quantitative estimate of drug-likeness (QED) is 0.494. The Balaban J connectivity index is 1.48. The number of nitrogens with one attached hydrogen (secondary N) is 2. The maximum Gasteiger partial charge on any atom is 0.257 e. The summed E-state index contributed by atoms with van der Waals surface area (Å²) in [5.41, 5.74) is 4.50. The zero-order valence-electron chi connectivity index (χ0n) is 15.5. The van der Waals surface area contributed by atoms with Crippen LogP contribution in [0.1, 0.15) is 18.1 Å². The van der Waals surface area contributed by atoms with Crippen LogP contribution in [0, 0.1) is 6.92 Å². The summed E-state index contributed by atoms with van der Waals surface area (Å²) in [5, 5.41) is 4.30. The summed E-state index contributed by atoms with van der Waals surface area (Å²) in [6, 6.07) is 13.0. The number of oxazole rings is 1. The van der Waals surface area contributed by atoms with E-state index in [1.54, 1.807) is 6.07 Å². The van der Waals surface area contributed by atoms with E-state index in [9.17, 15) is 9.59 Å². The number of carbonyl (C=O) groups is 1. The first kappa shape index (κ1) is 18.3. The van der Waals surface area contributed by atoms with Gasteiger partial charge in [-0.3, -0.25) is 9.59 Å². The molecule has 4 rings (SSSR count). The van der Waals surface area contributed by atoms with Crippen LogP contribution >= 0.6 is 11.8 Å². The standard InChI is InChI=1S/C21H19N3O3S/c1-3-14-12(2)15-9-8-13(10-17(15)23-20(14)26)22-19(25)11-28-21-24-16-6-4-5-7-18(16)27-21/h4-10H,3,11H2,1-2H3,(H,22,25)(H,23,26). The first-order valence-corrected chi connectivity index (χ1v) is 9.97. The minimum Gasteiger partial charge on any atom is -0.431 e. The van der Waals surface area contributed by atoms with Gasteiger partial charge in [-0.15, -0.1) is 0 Å². The van der Waals surface area contributed by atoms with E-state index in [2.05, 4.69) is 15.3 Å². The van der Waals surface area contributed by atoms with Crippen LogP contribution < -0.4 is 10.9 Å². The number of benzene rings is 2. The van der Waals surface area contributed by atoms with Crippen LogP contribution in [0.25, 0.3) is 22.0 Å². The highest BCUT2D eigenvalue weighted by molar-refractivity contribution is 7.99. The Morgan fingerprint density at radius 1 is 1.25 bits per heavy atom. The van der Waals surface area contributed by atoms with E-state index in [-0.39, 0.29) is 17.2 Å². The van der Waals surface area contributed by atoms with Gasteiger partial charge in [0.15, 0.2) is 5.58 Å². The molecule has 0 atom stereocenters. The molecule has 0 aliphatic heterocycles. The summed E-state index contributed by atoms with van der Waals surface area (Å²) in [6.45, 7) is 3.91. The van der Waals surface area contributed by atoms with Crippen LogP contribution in [0.2, 0.25) is 0 Å². The molecule has 28 heavy (non-hydrogen) atoms. The van der Waals surface area contributed by atoms with Gasteiger partial charge in [0.2, 0.25) is 5.91 Å². The van der Waals surface area contributed by atoms with E-state index in [0.29, 0.717) is 28.4 Å². The number of carbonyl (C=O) groups excluding carboxylic acids is 1. The van der Waals surface area contributed by atoms with Crippen molar-refractivity contribution in [3.8, 4) is 0 Å². The number of thioether (sulfide) groups is 1. The first-order valence-electron chi connectivity index (χ1n) is 8.99. The number of aryl methyl sites for hydroxylation is 1. The lowest BCUT2D eigenvalue weighted by Gasteiger charge is -2.10. The van der Waals surface area contributed by atoms with Gasteiger partial charge in [-0.25, -0.2) is 4.98 Å². The number of nitrogens with zero attached hydrogens (tertiary/aromatic N) is 1. The number of aromatic nitrogens is 2. The number of aromatic amines is 1. The minimum absolute atomic E-state index is 0.0810. The molecule has 0 bridgehead atoms. The normalized spacial score (nSPS) is 11.2. The van der Waals surface area contributed by atoms with Gasteiger partial charge in [0, 0.05) is 16.6 Å². The second kappa shape index (κ2) is 7.52. The molecule has 0 radical (unpaired) electrons. The largest absolute Gasteiger partial charge is 0.431 e. The van der Waals surface area contributed by atoms with Crippen molar-refractivity contribution in [1.29, 1.82) is 0 Å². The summed E-state index contributed by atoms with van der Waals surface area (Å²) in [6.07, 6.45) is 0.683. The molecule has 2 aromatic carbocycles. The molecule has 0 aliphatic rings. The maximum atomic E-state index is 12.3. The SMILES string of the molecule is CCc1c(C)c2ccc(NC(=O)CSc3nc4ccccc4o3)cc2[nH]c1=O. The van der Waals surface area contributed by atoms with E-state index in [4.69, 9.17) is 4.42 Å². The third kappa shape index (κ3) is 3.53. The Morgan fingerprint density at radius 2 is 2.07 bits per heavy atom. The molecule has 2 heterocycles. The lowest BCUT2D eigenvalue weighted by molar-refractivity contribution is -0.113. The fraction of sp³-hybridized carbons (Fsp3) is 0.190. The van der Waals surface area contributed by atoms with Crippen molar-refractivity contribution in [3.05, 3.63) is 63.9 Å². The van der Waals surface area contributed by atoms with E-state index in [1.807, 2.05) is 50.2 Å². The predicted octanol–water partition coefficient (Wildman–Crippen LogP) is 4.27. The van der Waals surface area contributed by atoms with Crippen molar-refractivity contribution in [1.82, 2.24) is 9.97 Å². The van der Waals surface area contributed by atoms with Crippen LogP contribution in [-0.4, -0.2) is 21.6 Å². The highest BCUT2D eigenvalue weighted by atomic mass is 32.2. The van der Waals surface area contributed by atoms with Gasteiger partial charge in [0.05, 0.1) is 11.3 Å². The van der Waals surface area contributed by atoms with Crippen LogP contribution in [-0.2, 0) is 11.2 Å². The van der Waals surface area contributed by atoms with Crippen LogP contribution in [0.4, 0.5) is 5.69 Å². The van der Waals surface area contributed by atoms with E-state index >= 15 is 0 Å². The fourth-order valence-corrected chi connectivity index (χ4v) is 3.88. The van der Waals surface area contributed by atoms with Gasteiger partial charge in [-0.1, -0.05) is 36.9 Å². The topological polar surface area (TPSA) is 88.0 Å². The molecule has 4 aromatic rings. The van der Waals surface area contributed by atoms with Crippen LogP contribution in [0.15, 0.2) is 56.9 Å². The second-order valence-electron chi connectivity index (χ2n) is 6.46. The van der Waals surface area contributed by atoms with Crippen molar-refractivity contribution >= 4 is 45.4 Å². The maximum absolute atomic E-state index is 12.3. The van der Waals surface area contributed by atoms with Crippen LogP contribution in [0.5, 0.6) is 0 Å². The van der Waals surface area contributed by atoms with Crippen LogP contribution in [0.3, 0.4) is 0 Å². The molecule has 1 amide bonds. The highest BCUT2D eigenvalue weighted by Crippen LogP contribution is 2.24. The van der Waals surface area contributed by atoms with Crippen molar-refractivity contribution in [2.24, 2.45) is 0 Å². The molecule has 0 unspecified atom stereocenters. The van der Waals surface area contributed by atoms with E-state index in [1.165, 1.54) is 11.8 Å². The van der Waals surface area contributed by atoms with E-state index in [0.717, 1.165) is 22.0 Å². The van der Waals surface area contributed by atoms with Gasteiger partial charge < -0.3 is 14.7 Å². The molecular formula is C21H19N3O3S. The number of anilines is 1.